The molecule has 2 saturated heterocycles. The predicted molar refractivity (Wildman–Crippen MR) is 255 cm³/mol. The highest BCUT2D eigenvalue weighted by molar-refractivity contribution is 7.92. The number of likely N-dealkylation sites (tertiary alicyclic amines) is 2. The molecular weight excluding hydrogens is 961 g/mol. The van der Waals surface area contributed by atoms with E-state index in [1.54, 1.807) is 60.4 Å². The Morgan fingerprint density at radius 3 is 1.26 bits per heavy atom. The number of amides is 4. The standard InChI is InChI=1S/C26H28ClF3N2O5S.C24H27ClN2O4/c1-17-10-18(2)12-20(11-17)13-23(34)32-9-8-25(32,3)24(35)31(14-19-4-6-21(27)7-5-19)15-22(33)16-38(36,37)26(28,29)30;1-16-10-17(2)12-19(11-16)13-21(28)27-9-8-24(27,3)23(31)26(15-22(29)30)14-18-4-6-20(25)7-5-18/h4-7,10-12H,8-9,13-16H2,1-3H3;4-7,10-12H,8-9,13-15H2,1-3H3,(H,29,30). The third kappa shape index (κ3) is 13.7. The van der Waals surface area contributed by atoms with Gasteiger partial charge in [0.15, 0.2) is 5.78 Å². The van der Waals surface area contributed by atoms with E-state index in [0.717, 1.165) is 43.8 Å². The van der Waals surface area contributed by atoms with Crippen molar-refractivity contribution in [2.45, 2.75) is 96.9 Å². The molecule has 19 heteroatoms. The summed E-state index contributed by atoms with van der Waals surface area (Å²) in [6, 6.07) is 24.9. The first-order valence-corrected chi connectivity index (χ1v) is 24.4. The molecule has 0 aliphatic carbocycles. The summed E-state index contributed by atoms with van der Waals surface area (Å²) in [5.41, 5.74) is -0.864. The van der Waals surface area contributed by atoms with Crippen molar-refractivity contribution in [3.05, 3.63) is 139 Å². The van der Waals surface area contributed by atoms with Crippen LogP contribution in [0.2, 0.25) is 10.0 Å². The minimum atomic E-state index is -5.71. The van der Waals surface area contributed by atoms with Gasteiger partial charge in [0, 0.05) is 36.2 Å². The molecule has 69 heavy (non-hydrogen) atoms. The number of carbonyl (C=O) groups is 6. The van der Waals surface area contributed by atoms with E-state index in [1.807, 2.05) is 64.1 Å². The molecule has 4 amide bonds. The fraction of sp³-hybridized carbons (Fsp3) is 0.400. The summed E-state index contributed by atoms with van der Waals surface area (Å²) >= 11 is 11.8. The largest absolute Gasteiger partial charge is 0.497 e. The van der Waals surface area contributed by atoms with Gasteiger partial charge in [-0.3, -0.25) is 28.8 Å². The molecule has 2 atom stereocenters. The highest BCUT2D eigenvalue weighted by Gasteiger charge is 2.53. The van der Waals surface area contributed by atoms with Crippen molar-refractivity contribution in [1.29, 1.82) is 0 Å². The normalized spacial score (nSPS) is 17.7. The van der Waals surface area contributed by atoms with Crippen LogP contribution < -0.4 is 0 Å². The van der Waals surface area contributed by atoms with E-state index in [1.165, 1.54) is 16.7 Å². The number of benzene rings is 4. The Morgan fingerprint density at radius 1 is 0.609 bits per heavy atom. The van der Waals surface area contributed by atoms with Crippen molar-refractivity contribution in [3.8, 4) is 0 Å². The van der Waals surface area contributed by atoms with Crippen molar-refractivity contribution < 1.29 is 55.5 Å². The highest BCUT2D eigenvalue weighted by atomic mass is 35.5. The zero-order valence-corrected chi connectivity index (χ0v) is 41.5. The molecule has 0 radical (unpaired) electrons. The van der Waals surface area contributed by atoms with Crippen LogP contribution in [0.3, 0.4) is 0 Å². The first-order valence-electron chi connectivity index (χ1n) is 22.0. The number of ketones is 1. The number of carboxylic acid groups (broad SMARTS) is 1. The lowest BCUT2D eigenvalue weighted by Gasteiger charge is -2.51. The maximum absolute atomic E-state index is 13.7. The van der Waals surface area contributed by atoms with Crippen molar-refractivity contribution in [2.75, 3.05) is 31.9 Å². The zero-order chi connectivity index (χ0) is 51.2. The topological polar surface area (TPSA) is 170 Å². The van der Waals surface area contributed by atoms with E-state index in [4.69, 9.17) is 23.2 Å². The third-order valence-corrected chi connectivity index (χ3v) is 14.1. The molecule has 2 fully saturated rings. The predicted octanol–water partition coefficient (Wildman–Crippen LogP) is 7.63. The molecule has 0 bridgehead atoms. The lowest BCUT2D eigenvalue weighted by atomic mass is 9.84. The molecule has 2 unspecified atom stereocenters. The van der Waals surface area contributed by atoms with Gasteiger partial charge in [-0.15, -0.1) is 0 Å². The van der Waals surface area contributed by atoms with Crippen molar-refractivity contribution in [3.63, 3.8) is 0 Å². The van der Waals surface area contributed by atoms with E-state index in [0.29, 0.717) is 28.6 Å². The molecule has 370 valence electrons. The lowest BCUT2D eigenvalue weighted by molar-refractivity contribution is -0.165. The van der Waals surface area contributed by atoms with E-state index in [2.05, 4.69) is 0 Å². The summed E-state index contributed by atoms with van der Waals surface area (Å²) in [5.74, 6) is -5.63. The molecule has 1 N–H and O–H groups in total. The van der Waals surface area contributed by atoms with Gasteiger partial charge in [0.05, 0.1) is 19.4 Å². The monoisotopic (exact) mass is 1010 g/mol. The van der Waals surface area contributed by atoms with Crippen LogP contribution in [0.5, 0.6) is 0 Å². The van der Waals surface area contributed by atoms with Crippen LogP contribution in [0, 0.1) is 27.7 Å². The second kappa shape index (κ2) is 21.9. The van der Waals surface area contributed by atoms with Crippen LogP contribution in [0.4, 0.5) is 13.2 Å². The molecular formula is C50H55Cl2F3N4O9S. The van der Waals surface area contributed by atoms with Gasteiger partial charge in [-0.2, -0.15) is 13.2 Å². The molecule has 0 aromatic heterocycles. The molecule has 2 aliphatic rings. The van der Waals surface area contributed by atoms with Crippen LogP contribution in [-0.4, -0.2) is 117 Å². The smallest absolute Gasteiger partial charge is 0.480 e. The van der Waals surface area contributed by atoms with Crippen molar-refractivity contribution in [1.82, 2.24) is 19.6 Å². The Balaban J connectivity index is 0.000000263. The van der Waals surface area contributed by atoms with Gasteiger partial charge in [0.2, 0.25) is 23.6 Å². The van der Waals surface area contributed by atoms with E-state index >= 15 is 0 Å². The Morgan fingerprint density at radius 2 is 0.957 bits per heavy atom. The van der Waals surface area contributed by atoms with E-state index < -0.39 is 62.9 Å². The maximum Gasteiger partial charge on any atom is 0.497 e. The highest BCUT2D eigenvalue weighted by Crippen LogP contribution is 2.35. The van der Waals surface area contributed by atoms with Gasteiger partial charge in [-0.05, 0) is 101 Å². The fourth-order valence-corrected chi connectivity index (χ4v) is 9.59. The summed E-state index contributed by atoms with van der Waals surface area (Å²) in [5, 5.41) is 10.3. The Kier molecular flexibility index (Phi) is 17.2. The average Bonchev–Trinajstić information content (AvgIpc) is 3.21. The van der Waals surface area contributed by atoms with Gasteiger partial charge >= 0.3 is 11.5 Å². The number of hydrogen-bond acceptors (Lipinski definition) is 8. The number of halogens is 5. The maximum atomic E-state index is 13.7. The molecule has 4 aromatic rings. The Hall–Kier alpha value is -5.78. The number of aryl methyl sites for hydroxylation is 4. The number of hydrogen-bond donors (Lipinski definition) is 1. The minimum Gasteiger partial charge on any atom is -0.480 e. The lowest BCUT2D eigenvalue weighted by Crippen LogP contribution is -2.68. The molecule has 6 rings (SSSR count). The first kappa shape index (κ1) is 54.2. The summed E-state index contributed by atoms with van der Waals surface area (Å²) in [7, 11) is -5.71. The number of carboxylic acids is 1. The summed E-state index contributed by atoms with van der Waals surface area (Å²) in [4.78, 5) is 82.3. The van der Waals surface area contributed by atoms with Gasteiger partial charge in [0.25, 0.3) is 9.84 Å². The second-order valence-electron chi connectivity index (χ2n) is 18.2. The number of rotatable bonds is 16. The van der Waals surface area contributed by atoms with Gasteiger partial charge in [-0.1, -0.05) is 106 Å². The Bertz CT molecular complexity index is 2680. The third-order valence-electron chi connectivity index (χ3n) is 12.2. The molecule has 2 aliphatic heterocycles. The SMILES string of the molecule is Cc1cc(C)cc(CC(=O)N2CCC2(C)C(=O)N(CC(=O)CS(=O)(=O)C(F)(F)F)Cc2ccc(Cl)cc2)c1.Cc1cc(C)cc(CC(=O)N2CCC2(C)C(=O)N(CC(=O)O)Cc2ccc(Cl)cc2)c1. The van der Waals surface area contributed by atoms with Crippen LogP contribution in [-0.2, 0) is 64.5 Å². The van der Waals surface area contributed by atoms with Crippen LogP contribution in [0.15, 0.2) is 84.9 Å². The summed E-state index contributed by atoms with van der Waals surface area (Å²) < 4.78 is 61.5. The fourth-order valence-electron chi connectivity index (χ4n) is 8.66. The van der Waals surface area contributed by atoms with Crippen molar-refractivity contribution in [2.24, 2.45) is 0 Å². The van der Waals surface area contributed by atoms with Crippen LogP contribution in [0.25, 0.3) is 0 Å². The number of Topliss-reactive ketones (excluding diaryl/α,β-unsaturated/α-hetero) is 1. The quantitative estimate of drug-likeness (QED) is 0.119. The van der Waals surface area contributed by atoms with Crippen molar-refractivity contribution >= 4 is 68.4 Å². The summed E-state index contributed by atoms with van der Waals surface area (Å²) in [6.07, 6.45) is 1.03. The number of carbonyl (C=O) groups excluding carboxylic acids is 5. The molecule has 0 saturated carbocycles. The van der Waals surface area contributed by atoms with Crippen LogP contribution in [0.1, 0.15) is 71.2 Å². The number of aliphatic carboxylic acids is 1. The number of nitrogens with zero attached hydrogens (tertiary/aromatic N) is 4. The van der Waals surface area contributed by atoms with E-state index in [9.17, 15) is 55.5 Å². The van der Waals surface area contributed by atoms with Gasteiger partial charge in [0.1, 0.15) is 23.4 Å². The van der Waals surface area contributed by atoms with Crippen LogP contribution >= 0.6 is 23.2 Å². The van der Waals surface area contributed by atoms with E-state index in [-0.39, 0.29) is 56.6 Å². The minimum absolute atomic E-state index is 0.0470. The Labute approximate surface area is 410 Å². The zero-order valence-electron chi connectivity index (χ0n) is 39.2. The number of sulfone groups is 1. The number of alkyl halides is 3. The average molecular weight is 1020 g/mol. The second-order valence-corrected chi connectivity index (χ2v) is 21.1. The molecule has 4 aromatic carbocycles. The van der Waals surface area contributed by atoms with Gasteiger partial charge < -0.3 is 24.7 Å². The molecule has 13 nitrogen and oxygen atoms in total. The molecule has 0 spiro atoms. The van der Waals surface area contributed by atoms with Gasteiger partial charge in [-0.25, -0.2) is 8.42 Å². The molecule has 2 heterocycles. The first-order chi connectivity index (χ1) is 32.1. The summed E-state index contributed by atoms with van der Waals surface area (Å²) in [6.45, 7) is 10.4.